The SMILES string of the molecule is CCCCOCC1COC(C2=CC=CCC=C2)=N1. The van der Waals surface area contributed by atoms with Gasteiger partial charge in [0.1, 0.15) is 12.6 Å². The fraction of sp³-hybridized carbons (Fsp3) is 0.533. The highest BCUT2D eigenvalue weighted by Gasteiger charge is 2.20. The van der Waals surface area contributed by atoms with Crippen LogP contribution in [0.4, 0.5) is 0 Å². The fourth-order valence-corrected chi connectivity index (χ4v) is 1.85. The van der Waals surface area contributed by atoms with Crippen LogP contribution >= 0.6 is 0 Å². The molecule has 1 unspecified atom stereocenters. The minimum absolute atomic E-state index is 0.151. The van der Waals surface area contributed by atoms with Gasteiger partial charge in [-0.05, 0) is 18.9 Å². The third-order valence-electron chi connectivity index (χ3n) is 2.89. The largest absolute Gasteiger partial charge is 0.475 e. The molecule has 1 aliphatic heterocycles. The van der Waals surface area contributed by atoms with Gasteiger partial charge in [0.05, 0.1) is 6.61 Å². The molecular formula is C15H21NO2. The number of nitrogens with zero attached hydrogens (tertiary/aromatic N) is 1. The lowest BCUT2D eigenvalue weighted by molar-refractivity contribution is 0.110. The summed E-state index contributed by atoms with van der Waals surface area (Å²) in [6.45, 7) is 4.28. The van der Waals surface area contributed by atoms with E-state index in [4.69, 9.17) is 9.47 Å². The lowest BCUT2D eigenvalue weighted by atomic mass is 10.2. The van der Waals surface area contributed by atoms with Crippen LogP contribution in [0, 0.1) is 0 Å². The van der Waals surface area contributed by atoms with E-state index < -0.39 is 0 Å². The second kappa shape index (κ2) is 7.17. The van der Waals surface area contributed by atoms with E-state index in [-0.39, 0.29) is 6.04 Å². The first-order valence-corrected chi connectivity index (χ1v) is 6.72. The first-order chi connectivity index (χ1) is 8.90. The molecule has 1 heterocycles. The summed E-state index contributed by atoms with van der Waals surface area (Å²) in [6.07, 6.45) is 13.6. The molecule has 3 nitrogen and oxygen atoms in total. The highest BCUT2D eigenvalue weighted by molar-refractivity contribution is 5.97. The van der Waals surface area contributed by atoms with Gasteiger partial charge in [0.15, 0.2) is 0 Å². The van der Waals surface area contributed by atoms with Gasteiger partial charge < -0.3 is 9.47 Å². The number of rotatable bonds is 6. The maximum atomic E-state index is 5.63. The molecule has 0 aromatic rings. The van der Waals surface area contributed by atoms with Crippen molar-refractivity contribution in [3.05, 3.63) is 36.0 Å². The molecule has 2 rings (SSSR count). The zero-order chi connectivity index (χ0) is 12.6. The third kappa shape index (κ3) is 3.84. The molecule has 2 aliphatic rings. The van der Waals surface area contributed by atoms with Crippen molar-refractivity contribution in [3.63, 3.8) is 0 Å². The van der Waals surface area contributed by atoms with Crippen LogP contribution in [-0.2, 0) is 9.47 Å². The van der Waals surface area contributed by atoms with Crippen LogP contribution in [0.1, 0.15) is 26.2 Å². The van der Waals surface area contributed by atoms with Crippen molar-refractivity contribution < 1.29 is 9.47 Å². The van der Waals surface area contributed by atoms with Gasteiger partial charge in [0.25, 0.3) is 0 Å². The molecule has 0 N–H and O–H groups in total. The molecule has 1 atom stereocenters. The Morgan fingerprint density at radius 3 is 3.28 bits per heavy atom. The summed E-state index contributed by atoms with van der Waals surface area (Å²) in [6, 6.07) is 0.151. The maximum Gasteiger partial charge on any atom is 0.216 e. The van der Waals surface area contributed by atoms with Gasteiger partial charge >= 0.3 is 0 Å². The number of hydrogen-bond donors (Lipinski definition) is 0. The molecule has 18 heavy (non-hydrogen) atoms. The van der Waals surface area contributed by atoms with Crippen LogP contribution in [0.3, 0.4) is 0 Å². The number of allylic oxidation sites excluding steroid dienone is 4. The normalized spacial score (nSPS) is 22.4. The highest BCUT2D eigenvalue weighted by atomic mass is 16.5. The fourth-order valence-electron chi connectivity index (χ4n) is 1.85. The Kier molecular flexibility index (Phi) is 5.21. The minimum Gasteiger partial charge on any atom is -0.475 e. The lowest BCUT2D eigenvalue weighted by Crippen LogP contribution is -2.15. The van der Waals surface area contributed by atoms with Crippen LogP contribution in [0.25, 0.3) is 0 Å². The van der Waals surface area contributed by atoms with Crippen LogP contribution in [0.2, 0.25) is 0 Å². The zero-order valence-electron chi connectivity index (χ0n) is 11.0. The highest BCUT2D eigenvalue weighted by Crippen LogP contribution is 2.15. The molecule has 0 saturated heterocycles. The third-order valence-corrected chi connectivity index (χ3v) is 2.89. The van der Waals surface area contributed by atoms with Gasteiger partial charge in [-0.1, -0.05) is 37.6 Å². The predicted octanol–water partition coefficient (Wildman–Crippen LogP) is 3.04. The van der Waals surface area contributed by atoms with E-state index >= 15 is 0 Å². The Balaban J connectivity index is 1.84. The lowest BCUT2D eigenvalue weighted by Gasteiger charge is -2.05. The zero-order valence-corrected chi connectivity index (χ0v) is 11.0. The van der Waals surface area contributed by atoms with E-state index in [0.29, 0.717) is 13.2 Å². The van der Waals surface area contributed by atoms with Crippen LogP contribution in [-0.4, -0.2) is 31.8 Å². The van der Waals surface area contributed by atoms with Crippen molar-refractivity contribution in [1.29, 1.82) is 0 Å². The van der Waals surface area contributed by atoms with Gasteiger partial charge in [-0.15, -0.1) is 0 Å². The molecule has 0 radical (unpaired) electrons. The van der Waals surface area contributed by atoms with E-state index in [1.807, 2.05) is 12.2 Å². The first-order valence-electron chi connectivity index (χ1n) is 6.72. The van der Waals surface area contributed by atoms with Crippen molar-refractivity contribution in [2.24, 2.45) is 4.99 Å². The summed E-state index contributed by atoms with van der Waals surface area (Å²) in [5.74, 6) is 0.752. The van der Waals surface area contributed by atoms with E-state index in [2.05, 4.69) is 30.1 Å². The standard InChI is InChI=1S/C15H21NO2/c1-2-3-10-17-11-14-12-18-15(16-14)13-8-6-4-5-7-9-13/h4,6-9,14H,2-3,5,10-12H2,1H3. The molecule has 98 valence electrons. The van der Waals surface area contributed by atoms with Gasteiger partial charge in [0, 0.05) is 12.2 Å². The number of ether oxygens (including phenoxy) is 2. The number of aliphatic imine (C=N–C) groups is 1. The van der Waals surface area contributed by atoms with Crippen molar-refractivity contribution in [2.75, 3.05) is 19.8 Å². The van der Waals surface area contributed by atoms with Gasteiger partial charge in [-0.2, -0.15) is 0 Å². The summed E-state index contributed by atoms with van der Waals surface area (Å²) in [5.41, 5.74) is 1.06. The monoisotopic (exact) mass is 247 g/mol. The maximum absolute atomic E-state index is 5.63. The molecule has 0 fully saturated rings. The van der Waals surface area contributed by atoms with E-state index in [1.165, 1.54) is 6.42 Å². The summed E-state index contributed by atoms with van der Waals surface area (Å²) in [5, 5.41) is 0. The van der Waals surface area contributed by atoms with Crippen LogP contribution < -0.4 is 0 Å². The van der Waals surface area contributed by atoms with Gasteiger partial charge in [-0.3, -0.25) is 0 Å². The van der Waals surface area contributed by atoms with Gasteiger partial charge in [-0.25, -0.2) is 4.99 Å². The Hall–Kier alpha value is -1.35. The Labute approximate surface area is 109 Å². The molecule has 0 saturated carbocycles. The van der Waals surface area contributed by atoms with Crippen molar-refractivity contribution in [1.82, 2.24) is 0 Å². The molecule has 0 amide bonds. The van der Waals surface area contributed by atoms with E-state index in [0.717, 1.165) is 30.9 Å². The second-order valence-electron chi connectivity index (χ2n) is 4.52. The Bertz CT molecular complexity index is 380. The van der Waals surface area contributed by atoms with Crippen LogP contribution in [0.15, 0.2) is 40.9 Å². The molecule has 0 aromatic carbocycles. The van der Waals surface area contributed by atoms with Gasteiger partial charge in [0.2, 0.25) is 5.90 Å². The van der Waals surface area contributed by atoms with Crippen molar-refractivity contribution in [2.45, 2.75) is 32.2 Å². The molecule has 1 aliphatic carbocycles. The average Bonchev–Trinajstić information content (AvgIpc) is 2.69. The topological polar surface area (TPSA) is 30.8 Å². The second-order valence-corrected chi connectivity index (χ2v) is 4.52. The summed E-state index contributed by atoms with van der Waals surface area (Å²) in [7, 11) is 0. The van der Waals surface area contributed by atoms with Crippen LogP contribution in [0.5, 0.6) is 0 Å². The van der Waals surface area contributed by atoms with Crippen molar-refractivity contribution in [3.8, 4) is 0 Å². The first kappa shape index (κ1) is 13.1. The predicted molar refractivity (Wildman–Crippen MR) is 73.9 cm³/mol. The Morgan fingerprint density at radius 2 is 2.39 bits per heavy atom. The molecule has 0 spiro atoms. The average molecular weight is 247 g/mol. The summed E-state index contributed by atoms with van der Waals surface area (Å²) < 4.78 is 11.2. The Morgan fingerprint density at radius 1 is 1.44 bits per heavy atom. The van der Waals surface area contributed by atoms with E-state index in [9.17, 15) is 0 Å². The molecular weight excluding hydrogens is 226 g/mol. The minimum atomic E-state index is 0.151. The number of hydrogen-bond acceptors (Lipinski definition) is 3. The molecule has 0 aromatic heterocycles. The summed E-state index contributed by atoms with van der Waals surface area (Å²) >= 11 is 0. The number of unbranched alkanes of at least 4 members (excludes halogenated alkanes) is 1. The summed E-state index contributed by atoms with van der Waals surface area (Å²) in [4.78, 5) is 4.57. The van der Waals surface area contributed by atoms with E-state index in [1.54, 1.807) is 0 Å². The van der Waals surface area contributed by atoms with Crippen molar-refractivity contribution >= 4 is 5.90 Å². The molecule has 3 heteroatoms. The smallest absolute Gasteiger partial charge is 0.216 e. The molecule has 0 bridgehead atoms. The quantitative estimate of drug-likeness (QED) is 0.675.